The van der Waals surface area contributed by atoms with Crippen LogP contribution in [0.15, 0.2) is 70.1 Å². The molecule has 0 amide bonds. The SMILES string of the molecule is C=[C]([Fe][c]1c(Br)cccc1Br)c1ccc2ccc3ccc(C(C)C)nc3c2n1.Cl.N. The number of benzene rings is 2. The van der Waals surface area contributed by atoms with Crippen LogP contribution in [0.1, 0.15) is 31.2 Å². The molecular formula is C23H22Br2ClFeN3. The van der Waals surface area contributed by atoms with Crippen molar-refractivity contribution in [1.82, 2.24) is 16.1 Å². The van der Waals surface area contributed by atoms with Crippen LogP contribution < -0.4 is 10.6 Å². The van der Waals surface area contributed by atoms with E-state index in [2.05, 4.69) is 82.6 Å². The third kappa shape index (κ3) is 4.96. The minimum atomic E-state index is 0. The zero-order valence-corrected chi connectivity index (χ0v) is 21.7. The number of fused-ring (bicyclic) bond motifs is 3. The van der Waals surface area contributed by atoms with Crippen molar-refractivity contribution in [3.8, 4) is 0 Å². The molecule has 0 spiro atoms. The fourth-order valence-electron chi connectivity index (χ4n) is 2.96. The van der Waals surface area contributed by atoms with E-state index in [4.69, 9.17) is 9.97 Å². The minimum absolute atomic E-state index is 0. The molecule has 0 aliphatic heterocycles. The van der Waals surface area contributed by atoms with Gasteiger partial charge in [-0.05, 0) is 0 Å². The first-order valence-corrected chi connectivity index (χ1v) is 11.6. The maximum Gasteiger partial charge on any atom is -0.147 e. The number of pyridine rings is 2. The molecule has 30 heavy (non-hydrogen) atoms. The first-order chi connectivity index (χ1) is 13.4. The Balaban J connectivity index is 0.00000160. The summed E-state index contributed by atoms with van der Waals surface area (Å²) >= 11 is 8.00. The van der Waals surface area contributed by atoms with Gasteiger partial charge in [-0.15, -0.1) is 12.4 Å². The topological polar surface area (TPSA) is 60.8 Å². The molecule has 0 aliphatic rings. The summed E-state index contributed by atoms with van der Waals surface area (Å²) in [5.41, 5.74) is 3.88. The van der Waals surface area contributed by atoms with Crippen molar-refractivity contribution in [2.75, 3.05) is 0 Å². The predicted octanol–water partition coefficient (Wildman–Crippen LogP) is 7.39. The summed E-state index contributed by atoms with van der Waals surface area (Å²) < 4.78 is 4.29. The smallest absolute Gasteiger partial charge is 0.147 e. The molecule has 2 aromatic heterocycles. The zero-order chi connectivity index (χ0) is 19.8. The molecule has 158 valence electrons. The number of hydrogen-bond acceptors (Lipinski definition) is 3. The molecule has 2 aromatic carbocycles. The van der Waals surface area contributed by atoms with Crippen molar-refractivity contribution >= 4 is 75.0 Å². The van der Waals surface area contributed by atoms with E-state index in [0.717, 1.165) is 61.6 Å². The maximum atomic E-state index is 4.97. The fraction of sp³-hybridized carbons (Fsp3) is 0.130. The molecule has 0 bridgehead atoms. The Hall–Kier alpha value is -1.27. The van der Waals surface area contributed by atoms with E-state index in [0.29, 0.717) is 5.92 Å². The summed E-state index contributed by atoms with van der Waals surface area (Å²) in [4.78, 5) is 9.87. The summed E-state index contributed by atoms with van der Waals surface area (Å²) in [6.07, 6.45) is 0. The van der Waals surface area contributed by atoms with Gasteiger partial charge in [0.25, 0.3) is 0 Å². The third-order valence-corrected chi connectivity index (χ3v) is 7.99. The van der Waals surface area contributed by atoms with E-state index >= 15 is 0 Å². The van der Waals surface area contributed by atoms with Gasteiger partial charge in [0.1, 0.15) is 0 Å². The van der Waals surface area contributed by atoms with E-state index in [1.54, 1.807) is 0 Å². The van der Waals surface area contributed by atoms with Gasteiger partial charge in [0, 0.05) is 0 Å². The number of rotatable bonds is 4. The average Bonchev–Trinajstić information content (AvgIpc) is 2.69. The number of nitrogens with zero attached hydrogens (tertiary/aromatic N) is 2. The van der Waals surface area contributed by atoms with Gasteiger partial charge in [0.15, 0.2) is 0 Å². The molecule has 4 rings (SSSR count). The van der Waals surface area contributed by atoms with Crippen LogP contribution in [-0.4, -0.2) is 9.97 Å². The summed E-state index contributed by atoms with van der Waals surface area (Å²) in [5.74, 6) is 0.380. The largest absolute Gasteiger partial charge is 0.344 e. The quantitative estimate of drug-likeness (QED) is 0.199. The Bertz CT molecular complexity index is 1210. The molecule has 0 saturated carbocycles. The van der Waals surface area contributed by atoms with Gasteiger partial charge in [0.2, 0.25) is 0 Å². The molecule has 7 heteroatoms. The molecule has 0 atom stereocenters. The van der Waals surface area contributed by atoms with Gasteiger partial charge < -0.3 is 6.15 Å². The van der Waals surface area contributed by atoms with Crippen LogP contribution in [0.3, 0.4) is 0 Å². The fourth-order valence-corrected chi connectivity index (χ4v) is 5.61. The molecule has 3 nitrogen and oxygen atoms in total. The Morgan fingerprint density at radius 3 is 2.00 bits per heavy atom. The van der Waals surface area contributed by atoms with Gasteiger partial charge in [-0.3, -0.25) is 0 Å². The standard InChI is InChI=1S/C17H15N2.C6H3Br2.ClH.Fe.H3N/c1-4-14-9-7-12-5-6-13-8-10-15(11(2)3)19-17(13)16(12)18-14;7-5-2-1-3-6(8)4-5;;;/h5-11H,1H2,2-3H3;1-3H;1H;;1H3. The van der Waals surface area contributed by atoms with E-state index in [-0.39, 0.29) is 18.6 Å². The van der Waals surface area contributed by atoms with Crippen molar-refractivity contribution in [1.29, 1.82) is 0 Å². The minimum Gasteiger partial charge on any atom is -0.344 e. The van der Waals surface area contributed by atoms with Crippen molar-refractivity contribution in [2.45, 2.75) is 19.8 Å². The Morgan fingerprint density at radius 2 is 1.40 bits per heavy atom. The van der Waals surface area contributed by atoms with E-state index < -0.39 is 0 Å². The van der Waals surface area contributed by atoms with Crippen LogP contribution >= 0.6 is 44.3 Å². The summed E-state index contributed by atoms with van der Waals surface area (Å²) in [7, 11) is 0. The van der Waals surface area contributed by atoms with Crippen molar-refractivity contribution in [3.05, 3.63) is 81.5 Å². The Morgan fingerprint density at radius 1 is 0.867 bits per heavy atom. The van der Waals surface area contributed by atoms with Crippen LogP contribution in [0.4, 0.5) is 0 Å². The predicted molar refractivity (Wildman–Crippen MR) is 134 cm³/mol. The second-order valence-electron chi connectivity index (χ2n) is 6.80. The van der Waals surface area contributed by atoms with Crippen LogP contribution in [0, 0.1) is 0 Å². The van der Waals surface area contributed by atoms with Crippen LogP contribution in [0.2, 0.25) is 0 Å². The molecule has 4 aromatic rings. The number of hydrogen-bond donors (Lipinski definition) is 1. The average molecular weight is 592 g/mol. The summed E-state index contributed by atoms with van der Waals surface area (Å²) in [6.45, 7) is 8.64. The van der Waals surface area contributed by atoms with Gasteiger partial charge in [-0.2, -0.15) is 0 Å². The molecule has 0 unspecified atom stereocenters. The number of halogens is 3. The molecule has 0 radical (unpaired) electrons. The maximum absolute atomic E-state index is 4.97. The normalized spacial score (nSPS) is 10.8. The van der Waals surface area contributed by atoms with E-state index in [9.17, 15) is 0 Å². The molecule has 0 aliphatic carbocycles. The molecule has 0 saturated heterocycles. The second kappa shape index (κ2) is 10.4. The monoisotopic (exact) mass is 589 g/mol. The van der Waals surface area contributed by atoms with Crippen LogP contribution in [0.25, 0.3) is 26.3 Å². The molecule has 3 N–H and O–H groups in total. The van der Waals surface area contributed by atoms with Crippen molar-refractivity contribution in [3.63, 3.8) is 0 Å². The van der Waals surface area contributed by atoms with Crippen LogP contribution in [0.5, 0.6) is 0 Å². The molecule has 0 fully saturated rings. The van der Waals surface area contributed by atoms with E-state index in [1.165, 1.54) is 4.46 Å². The van der Waals surface area contributed by atoms with Gasteiger partial charge in [-0.25, -0.2) is 0 Å². The van der Waals surface area contributed by atoms with Crippen molar-refractivity contribution < 1.29 is 15.0 Å². The van der Waals surface area contributed by atoms with Gasteiger partial charge in [-0.1, -0.05) is 0 Å². The first-order valence-electron chi connectivity index (χ1n) is 8.90. The van der Waals surface area contributed by atoms with Crippen molar-refractivity contribution in [2.24, 2.45) is 0 Å². The number of aromatic nitrogens is 2. The summed E-state index contributed by atoms with van der Waals surface area (Å²) in [5, 5.41) is 2.21. The zero-order valence-electron chi connectivity index (χ0n) is 16.6. The first kappa shape index (κ1) is 25.0. The molecular weight excluding hydrogens is 569 g/mol. The van der Waals surface area contributed by atoms with Gasteiger partial charge >= 0.3 is 189 Å². The van der Waals surface area contributed by atoms with E-state index in [1.807, 2.05) is 24.3 Å². The third-order valence-electron chi connectivity index (χ3n) is 4.49. The second-order valence-corrected chi connectivity index (χ2v) is 10.0. The van der Waals surface area contributed by atoms with Gasteiger partial charge in [0.05, 0.1) is 0 Å². The summed E-state index contributed by atoms with van der Waals surface area (Å²) in [6, 6.07) is 18.7. The molecule has 2 heterocycles. The Kier molecular flexibility index (Phi) is 8.63. The Labute approximate surface area is 206 Å². The van der Waals surface area contributed by atoms with Crippen LogP contribution in [-0.2, 0) is 15.0 Å².